The molecule has 0 fully saturated rings. The second-order valence-electron chi connectivity index (χ2n) is 5.83. The number of nitrogens with one attached hydrogen (secondary N) is 2. The third-order valence-electron chi connectivity index (χ3n) is 4.00. The fourth-order valence-electron chi connectivity index (χ4n) is 2.77. The minimum atomic E-state index is -0.234. The van der Waals surface area contributed by atoms with Gasteiger partial charge in [-0.25, -0.2) is 24.3 Å². The second-order valence-corrected chi connectivity index (χ2v) is 5.83. The summed E-state index contributed by atoms with van der Waals surface area (Å²) in [6.07, 6.45) is 8.59. The first-order valence-corrected chi connectivity index (χ1v) is 8.49. The predicted octanol–water partition coefficient (Wildman–Crippen LogP) is 2.99. The van der Waals surface area contributed by atoms with Gasteiger partial charge in [-0.15, -0.1) is 0 Å². The molecule has 134 valence electrons. The van der Waals surface area contributed by atoms with E-state index in [0.29, 0.717) is 12.2 Å². The summed E-state index contributed by atoms with van der Waals surface area (Å²) >= 11 is 0. The molecule has 4 rings (SSSR count). The van der Waals surface area contributed by atoms with Crippen LogP contribution < -0.4 is 10.6 Å². The molecule has 0 saturated carbocycles. The molecule has 8 heteroatoms. The molecule has 0 saturated heterocycles. The number of carbonyl (C=O) groups is 1. The number of hydrogen-bond donors (Lipinski definition) is 2. The molecule has 2 N–H and O–H groups in total. The lowest BCUT2D eigenvalue weighted by atomic mass is 10.1. The molecular weight excluding hydrogens is 342 g/mol. The molecule has 0 unspecified atom stereocenters. The Hall–Kier alpha value is -3.81. The first kappa shape index (κ1) is 16.6. The van der Waals surface area contributed by atoms with Gasteiger partial charge in [0.25, 0.3) is 0 Å². The highest BCUT2D eigenvalue weighted by atomic mass is 16.2. The first-order chi connectivity index (χ1) is 13.2. The Morgan fingerprint density at radius 1 is 1.15 bits per heavy atom. The average molecular weight is 359 g/mol. The van der Waals surface area contributed by atoms with Crippen molar-refractivity contribution >= 4 is 17.4 Å². The van der Waals surface area contributed by atoms with Crippen LogP contribution in [0.3, 0.4) is 0 Å². The van der Waals surface area contributed by atoms with Crippen molar-refractivity contribution < 1.29 is 4.79 Å². The second kappa shape index (κ2) is 7.20. The quantitative estimate of drug-likeness (QED) is 0.584. The molecule has 1 aromatic carbocycles. The van der Waals surface area contributed by atoms with Gasteiger partial charge < -0.3 is 10.6 Å². The Morgan fingerprint density at radius 3 is 2.89 bits per heavy atom. The van der Waals surface area contributed by atoms with E-state index in [-0.39, 0.29) is 6.03 Å². The van der Waals surface area contributed by atoms with Crippen molar-refractivity contribution in [2.24, 2.45) is 0 Å². The molecule has 3 aromatic heterocycles. The van der Waals surface area contributed by atoms with Gasteiger partial charge in [-0.3, -0.25) is 0 Å². The molecule has 0 atom stereocenters. The molecule has 0 spiro atoms. The zero-order valence-electron chi connectivity index (χ0n) is 14.6. The smallest absolute Gasteiger partial charge is 0.319 e. The van der Waals surface area contributed by atoms with Crippen LogP contribution in [-0.2, 0) is 0 Å². The molecule has 0 aliphatic rings. The molecule has 2 amide bonds. The van der Waals surface area contributed by atoms with Crippen LogP contribution in [0.2, 0.25) is 0 Å². The van der Waals surface area contributed by atoms with Gasteiger partial charge in [0.1, 0.15) is 6.33 Å². The third-order valence-corrected chi connectivity index (χ3v) is 4.00. The summed E-state index contributed by atoms with van der Waals surface area (Å²) in [6.45, 7) is 2.44. The van der Waals surface area contributed by atoms with E-state index < -0.39 is 0 Å². The Labute approximate surface area is 155 Å². The summed E-state index contributed by atoms with van der Waals surface area (Å²) in [6, 6.07) is 9.17. The van der Waals surface area contributed by atoms with Crippen LogP contribution in [0.1, 0.15) is 6.92 Å². The Balaban J connectivity index is 1.67. The average Bonchev–Trinajstić information content (AvgIpc) is 3.12. The number of urea groups is 1. The largest absolute Gasteiger partial charge is 0.338 e. The van der Waals surface area contributed by atoms with Crippen LogP contribution in [0.25, 0.3) is 28.0 Å². The van der Waals surface area contributed by atoms with Gasteiger partial charge in [0.05, 0.1) is 11.9 Å². The van der Waals surface area contributed by atoms with Gasteiger partial charge >= 0.3 is 6.03 Å². The number of anilines is 1. The van der Waals surface area contributed by atoms with Crippen molar-refractivity contribution in [3.05, 3.63) is 61.4 Å². The maximum absolute atomic E-state index is 11.7. The summed E-state index contributed by atoms with van der Waals surface area (Å²) < 4.78 is 1.72. The van der Waals surface area contributed by atoms with E-state index in [9.17, 15) is 4.79 Å². The number of fused-ring (bicyclic) bond motifs is 1. The number of rotatable bonds is 4. The van der Waals surface area contributed by atoms with Crippen LogP contribution >= 0.6 is 0 Å². The molecular formula is C19H17N7O. The van der Waals surface area contributed by atoms with E-state index in [1.165, 1.54) is 6.33 Å². The maximum atomic E-state index is 11.7. The highest BCUT2D eigenvalue weighted by molar-refractivity contribution is 5.90. The van der Waals surface area contributed by atoms with Gasteiger partial charge in [0.15, 0.2) is 5.65 Å². The number of amides is 2. The van der Waals surface area contributed by atoms with Crippen molar-refractivity contribution in [1.29, 1.82) is 0 Å². The highest BCUT2D eigenvalue weighted by Gasteiger charge is 2.11. The van der Waals surface area contributed by atoms with E-state index in [1.807, 2.05) is 43.5 Å². The minimum absolute atomic E-state index is 0.234. The van der Waals surface area contributed by atoms with E-state index >= 15 is 0 Å². The molecule has 0 aliphatic carbocycles. The Morgan fingerprint density at radius 2 is 2.07 bits per heavy atom. The van der Waals surface area contributed by atoms with Gasteiger partial charge in [0.2, 0.25) is 0 Å². The third kappa shape index (κ3) is 3.45. The summed E-state index contributed by atoms with van der Waals surface area (Å²) in [5, 5.41) is 9.93. The fraction of sp³-hybridized carbons (Fsp3) is 0.105. The fourth-order valence-corrected chi connectivity index (χ4v) is 2.77. The summed E-state index contributed by atoms with van der Waals surface area (Å²) in [7, 11) is 0. The number of nitrogens with zero attached hydrogens (tertiary/aromatic N) is 5. The van der Waals surface area contributed by atoms with Gasteiger partial charge in [-0.05, 0) is 30.7 Å². The lowest BCUT2D eigenvalue weighted by Gasteiger charge is -2.07. The molecule has 4 aromatic rings. The first-order valence-electron chi connectivity index (χ1n) is 8.49. The monoisotopic (exact) mass is 359 g/mol. The van der Waals surface area contributed by atoms with Crippen LogP contribution in [0.5, 0.6) is 0 Å². The number of hydrogen-bond acceptors (Lipinski definition) is 5. The molecule has 27 heavy (non-hydrogen) atoms. The number of benzene rings is 1. The Bertz CT molecular complexity index is 1090. The Kier molecular flexibility index (Phi) is 4.44. The normalized spacial score (nSPS) is 10.7. The van der Waals surface area contributed by atoms with Crippen molar-refractivity contribution in [1.82, 2.24) is 29.9 Å². The predicted molar refractivity (Wildman–Crippen MR) is 102 cm³/mol. The van der Waals surface area contributed by atoms with Gasteiger partial charge in [-0.1, -0.05) is 12.1 Å². The molecule has 8 nitrogen and oxygen atoms in total. The van der Waals surface area contributed by atoms with Crippen LogP contribution in [-0.4, -0.2) is 37.1 Å². The summed E-state index contributed by atoms with van der Waals surface area (Å²) in [5.74, 6) is 0. The van der Waals surface area contributed by atoms with Crippen molar-refractivity contribution in [2.45, 2.75) is 6.92 Å². The molecule has 0 radical (unpaired) electrons. The summed E-state index contributed by atoms with van der Waals surface area (Å²) in [4.78, 5) is 24.5. The summed E-state index contributed by atoms with van der Waals surface area (Å²) in [5.41, 5.74) is 4.86. The lowest BCUT2D eigenvalue weighted by molar-refractivity contribution is 0.252. The SMILES string of the molecule is CCNC(=O)Nc1cccc(-c2cnn3cc(-c4ccncn4)cnc23)c1. The number of aromatic nitrogens is 5. The van der Waals surface area contributed by atoms with E-state index in [1.54, 1.807) is 23.1 Å². The van der Waals surface area contributed by atoms with Crippen molar-refractivity contribution in [2.75, 3.05) is 11.9 Å². The lowest BCUT2D eigenvalue weighted by Crippen LogP contribution is -2.28. The van der Waals surface area contributed by atoms with E-state index in [4.69, 9.17) is 0 Å². The zero-order valence-corrected chi connectivity index (χ0v) is 14.6. The zero-order chi connectivity index (χ0) is 18.6. The van der Waals surface area contributed by atoms with Crippen LogP contribution in [0.4, 0.5) is 10.5 Å². The molecule has 3 heterocycles. The van der Waals surface area contributed by atoms with Gasteiger partial charge in [0, 0.05) is 41.9 Å². The number of carbonyl (C=O) groups excluding carboxylic acids is 1. The van der Waals surface area contributed by atoms with Crippen molar-refractivity contribution in [3.8, 4) is 22.4 Å². The molecule has 0 aliphatic heterocycles. The highest BCUT2D eigenvalue weighted by Crippen LogP contribution is 2.27. The standard InChI is InChI=1S/C19H17N7O/c1-2-21-19(27)25-15-5-3-4-13(8-15)16-10-24-26-11-14(9-22-18(16)26)17-6-7-20-12-23-17/h3-12H,2H2,1H3,(H2,21,25,27). The molecule has 0 bridgehead atoms. The van der Waals surface area contributed by atoms with E-state index in [2.05, 4.69) is 30.7 Å². The van der Waals surface area contributed by atoms with Gasteiger partial charge in [-0.2, -0.15) is 5.10 Å². The maximum Gasteiger partial charge on any atom is 0.319 e. The van der Waals surface area contributed by atoms with Crippen LogP contribution in [0.15, 0.2) is 61.4 Å². The van der Waals surface area contributed by atoms with Crippen LogP contribution in [0, 0.1) is 0 Å². The minimum Gasteiger partial charge on any atom is -0.338 e. The van der Waals surface area contributed by atoms with E-state index in [0.717, 1.165) is 28.0 Å². The van der Waals surface area contributed by atoms with Crippen molar-refractivity contribution in [3.63, 3.8) is 0 Å². The topological polar surface area (TPSA) is 97.1 Å².